The summed E-state index contributed by atoms with van der Waals surface area (Å²) >= 11 is 2.34. The summed E-state index contributed by atoms with van der Waals surface area (Å²) < 4.78 is 21.0. The summed E-state index contributed by atoms with van der Waals surface area (Å²) in [6, 6.07) is 15.6. The zero-order valence-corrected chi connectivity index (χ0v) is 19.4. The molecule has 0 saturated carbocycles. The summed E-state index contributed by atoms with van der Waals surface area (Å²) in [6.45, 7) is 1.97. The van der Waals surface area contributed by atoms with Crippen molar-refractivity contribution in [1.29, 1.82) is 0 Å². The van der Waals surface area contributed by atoms with E-state index in [-0.39, 0.29) is 11.7 Å². The molecular formula is C23H19FN4O3S2. The minimum atomic E-state index is -0.512. The number of aromatic nitrogens is 3. The first-order valence-electron chi connectivity index (χ1n) is 9.83. The van der Waals surface area contributed by atoms with Crippen molar-refractivity contribution in [2.45, 2.75) is 12.1 Å². The van der Waals surface area contributed by atoms with Crippen LogP contribution in [-0.4, -0.2) is 39.5 Å². The zero-order chi connectivity index (χ0) is 23.4. The maximum absolute atomic E-state index is 14.5. The highest BCUT2D eigenvalue weighted by Gasteiger charge is 2.20. The average Bonchev–Trinajstić information content (AvgIpc) is 3.45. The fourth-order valence-electron chi connectivity index (χ4n) is 3.08. The lowest BCUT2D eigenvalue weighted by atomic mass is 10.2. The standard InChI is InChI=1S/C23H19FN4O3S2/c1-14-7-9-15(10-8-14)28-21(16-5-3-4-6-17(16)24)26-27-23(28)33-13-19(29)25-18-11-12-32-20(18)22(30)31-2/h3-12H,13H2,1-2H3,(H,25,29). The number of nitrogens with one attached hydrogen (secondary N) is 1. The first kappa shape index (κ1) is 22.7. The van der Waals surface area contributed by atoms with Crippen molar-refractivity contribution < 1.29 is 18.7 Å². The molecule has 0 unspecified atom stereocenters. The highest BCUT2D eigenvalue weighted by atomic mass is 32.2. The average molecular weight is 483 g/mol. The molecular weight excluding hydrogens is 463 g/mol. The van der Waals surface area contributed by atoms with Crippen molar-refractivity contribution in [3.05, 3.63) is 76.2 Å². The summed E-state index contributed by atoms with van der Waals surface area (Å²) in [7, 11) is 1.29. The van der Waals surface area contributed by atoms with Crippen LogP contribution in [0.3, 0.4) is 0 Å². The molecule has 0 atom stereocenters. The molecule has 2 aromatic heterocycles. The van der Waals surface area contributed by atoms with Crippen LogP contribution in [-0.2, 0) is 9.53 Å². The van der Waals surface area contributed by atoms with Crippen molar-refractivity contribution in [2.75, 3.05) is 18.2 Å². The number of thioether (sulfide) groups is 1. The van der Waals surface area contributed by atoms with E-state index in [9.17, 15) is 14.0 Å². The van der Waals surface area contributed by atoms with E-state index in [1.807, 2.05) is 31.2 Å². The maximum Gasteiger partial charge on any atom is 0.350 e. The number of amides is 1. The predicted molar refractivity (Wildman–Crippen MR) is 127 cm³/mol. The van der Waals surface area contributed by atoms with E-state index in [4.69, 9.17) is 4.74 Å². The van der Waals surface area contributed by atoms with Crippen LogP contribution in [0, 0.1) is 12.7 Å². The molecule has 0 bridgehead atoms. The van der Waals surface area contributed by atoms with Gasteiger partial charge in [-0.25, -0.2) is 9.18 Å². The Morgan fingerprint density at radius 1 is 1.12 bits per heavy atom. The summed E-state index contributed by atoms with van der Waals surface area (Å²) in [5, 5.41) is 13.3. The largest absolute Gasteiger partial charge is 0.465 e. The molecule has 0 aliphatic rings. The number of carbonyl (C=O) groups excluding carboxylic acids is 2. The first-order valence-corrected chi connectivity index (χ1v) is 11.7. The number of esters is 1. The number of ether oxygens (including phenoxy) is 1. The van der Waals surface area contributed by atoms with Crippen molar-refractivity contribution in [3.63, 3.8) is 0 Å². The van der Waals surface area contributed by atoms with Gasteiger partial charge in [0.15, 0.2) is 11.0 Å². The zero-order valence-electron chi connectivity index (χ0n) is 17.7. The number of thiophene rings is 1. The number of benzene rings is 2. The third-order valence-corrected chi connectivity index (χ3v) is 6.51. The third kappa shape index (κ3) is 4.96. The molecule has 0 spiro atoms. The van der Waals surface area contributed by atoms with Gasteiger partial charge in [-0.3, -0.25) is 9.36 Å². The fraction of sp³-hybridized carbons (Fsp3) is 0.130. The van der Waals surface area contributed by atoms with E-state index in [0.29, 0.717) is 27.1 Å². The molecule has 7 nitrogen and oxygen atoms in total. The number of carbonyl (C=O) groups is 2. The molecule has 2 heterocycles. The van der Waals surface area contributed by atoms with E-state index in [1.165, 1.54) is 24.5 Å². The predicted octanol–water partition coefficient (Wildman–Crippen LogP) is 4.96. The minimum absolute atomic E-state index is 0.0116. The number of methoxy groups -OCH3 is 1. The molecule has 168 valence electrons. The number of halogens is 1. The molecule has 1 amide bonds. The molecule has 0 saturated heterocycles. The smallest absolute Gasteiger partial charge is 0.350 e. The molecule has 2 aromatic carbocycles. The van der Waals surface area contributed by atoms with E-state index in [2.05, 4.69) is 15.5 Å². The van der Waals surface area contributed by atoms with Gasteiger partial charge < -0.3 is 10.1 Å². The second-order valence-corrected chi connectivity index (χ2v) is 8.81. The Balaban J connectivity index is 1.60. The van der Waals surface area contributed by atoms with Crippen LogP contribution in [0.4, 0.5) is 10.1 Å². The number of aryl methyl sites for hydroxylation is 1. The molecule has 0 fully saturated rings. The van der Waals surface area contributed by atoms with E-state index in [1.54, 1.807) is 34.2 Å². The second-order valence-electron chi connectivity index (χ2n) is 6.95. The lowest BCUT2D eigenvalue weighted by Gasteiger charge is -2.11. The number of rotatable bonds is 7. The van der Waals surface area contributed by atoms with Crippen LogP contribution in [0.2, 0.25) is 0 Å². The second kappa shape index (κ2) is 9.97. The molecule has 1 N–H and O–H groups in total. The van der Waals surface area contributed by atoms with Crippen LogP contribution in [0.25, 0.3) is 17.1 Å². The monoisotopic (exact) mass is 482 g/mol. The quantitative estimate of drug-likeness (QED) is 0.296. The Morgan fingerprint density at radius 3 is 2.61 bits per heavy atom. The molecule has 4 aromatic rings. The molecule has 4 rings (SSSR count). The summed E-state index contributed by atoms with van der Waals surface area (Å²) in [6.07, 6.45) is 0. The number of hydrogen-bond acceptors (Lipinski definition) is 7. The fourth-order valence-corrected chi connectivity index (χ4v) is 4.60. The van der Waals surface area contributed by atoms with Crippen molar-refractivity contribution >= 4 is 40.7 Å². The van der Waals surface area contributed by atoms with Gasteiger partial charge in [-0.05, 0) is 42.6 Å². The van der Waals surface area contributed by atoms with E-state index >= 15 is 0 Å². The number of hydrogen-bond donors (Lipinski definition) is 1. The van der Waals surface area contributed by atoms with Crippen molar-refractivity contribution in [3.8, 4) is 17.1 Å². The van der Waals surface area contributed by atoms with Crippen LogP contribution >= 0.6 is 23.1 Å². The van der Waals surface area contributed by atoms with Gasteiger partial charge in [-0.1, -0.05) is 41.6 Å². The molecule has 0 aliphatic heterocycles. The Hall–Kier alpha value is -3.50. The Kier molecular flexibility index (Phi) is 6.85. The van der Waals surface area contributed by atoms with Crippen LogP contribution in [0.1, 0.15) is 15.2 Å². The highest BCUT2D eigenvalue weighted by Crippen LogP contribution is 2.30. The molecule has 0 radical (unpaired) electrons. The van der Waals surface area contributed by atoms with Crippen LogP contribution < -0.4 is 5.32 Å². The van der Waals surface area contributed by atoms with Gasteiger partial charge in [0.25, 0.3) is 0 Å². The maximum atomic E-state index is 14.5. The van der Waals surface area contributed by atoms with Gasteiger partial charge >= 0.3 is 5.97 Å². The number of nitrogens with zero attached hydrogens (tertiary/aromatic N) is 3. The SMILES string of the molecule is COC(=O)c1sccc1NC(=O)CSc1nnc(-c2ccccc2F)n1-c1ccc(C)cc1. The topological polar surface area (TPSA) is 86.1 Å². The van der Waals surface area contributed by atoms with Crippen molar-refractivity contribution in [1.82, 2.24) is 14.8 Å². The van der Waals surface area contributed by atoms with Gasteiger partial charge in [0.05, 0.1) is 24.1 Å². The molecule has 10 heteroatoms. The summed E-state index contributed by atoms with van der Waals surface area (Å²) in [5.74, 6) is -0.903. The highest BCUT2D eigenvalue weighted by molar-refractivity contribution is 7.99. The molecule has 0 aliphatic carbocycles. The minimum Gasteiger partial charge on any atom is -0.465 e. The van der Waals surface area contributed by atoms with Crippen molar-refractivity contribution in [2.24, 2.45) is 0 Å². The lowest BCUT2D eigenvalue weighted by Crippen LogP contribution is -2.16. The molecule has 33 heavy (non-hydrogen) atoms. The Morgan fingerprint density at radius 2 is 1.88 bits per heavy atom. The lowest BCUT2D eigenvalue weighted by molar-refractivity contribution is -0.113. The van der Waals surface area contributed by atoms with Crippen LogP contribution in [0.15, 0.2) is 65.1 Å². The first-order chi connectivity index (χ1) is 16.0. The normalized spacial score (nSPS) is 10.8. The van der Waals surface area contributed by atoms with Gasteiger partial charge in [0.1, 0.15) is 10.7 Å². The van der Waals surface area contributed by atoms with E-state index < -0.39 is 11.8 Å². The van der Waals surface area contributed by atoms with Gasteiger partial charge in [0.2, 0.25) is 5.91 Å². The number of anilines is 1. The third-order valence-electron chi connectivity index (χ3n) is 4.68. The van der Waals surface area contributed by atoms with Gasteiger partial charge in [-0.15, -0.1) is 21.5 Å². The van der Waals surface area contributed by atoms with Gasteiger partial charge in [-0.2, -0.15) is 0 Å². The summed E-state index contributed by atoms with van der Waals surface area (Å²) in [4.78, 5) is 24.7. The Bertz CT molecular complexity index is 1300. The van der Waals surface area contributed by atoms with E-state index in [0.717, 1.165) is 23.0 Å². The summed E-state index contributed by atoms with van der Waals surface area (Å²) in [5.41, 5.74) is 2.52. The Labute approximate surface area is 197 Å². The van der Waals surface area contributed by atoms with Gasteiger partial charge in [0, 0.05) is 5.69 Å². The van der Waals surface area contributed by atoms with Crippen LogP contribution in [0.5, 0.6) is 0 Å².